The standard InChI is InChI=1S/C82H113N11O20S3/c1-55(114(105,106)107)35-41-92-67-32-26-59-49-62(116(111,112)113)28-30-64(59)78(67)82(4,5)70(92)19-9-6-8-18-69-81(2,3)77-63-29-27-61(115(108,109)110)48-58(63)25-31-66(77)91(69)40-15-7-10-20-71(95)85-36-13-11-16-60(50-68(94)57-23-21-56(22-24-57)51-93-73(97)33-34-74(93)98)80(104)87-65(79(83)103)17-12-14-37-86-72(96)52-88-42-38-84-39-43-89(53-75(99)100)45-47-90(46-44-88)54-76(101)102/h6,8,18,25-34,48-49,55-57,60,65,84H,7,9-17,19-24,35-47,50-54H2,1-5H3,(H9-,83,85,86,87,95,96,99,100,101,102,103,104,105,106,107,108,109,110,111,112,113)/p+1/b8-6+,69-18+/t55?,56?,57?,60-,65-/m0/s1. The fourth-order valence-corrected chi connectivity index (χ4v) is 18.2. The number of carboxylic acid groups (broad SMARTS) is 2. The van der Waals surface area contributed by atoms with Crippen LogP contribution in [0.4, 0.5) is 11.4 Å². The van der Waals surface area contributed by atoms with Crippen molar-refractivity contribution in [2.45, 2.75) is 182 Å². The number of anilines is 1. The number of nitrogens with one attached hydrogen (secondary N) is 4. The van der Waals surface area contributed by atoms with Gasteiger partial charge in [0.2, 0.25) is 29.3 Å². The summed E-state index contributed by atoms with van der Waals surface area (Å²) in [6.07, 6.45) is 16.2. The molecule has 34 heteroatoms. The van der Waals surface area contributed by atoms with Gasteiger partial charge in [0.05, 0.1) is 40.1 Å². The van der Waals surface area contributed by atoms with E-state index in [1.165, 1.54) is 48.2 Å². The minimum Gasteiger partial charge on any atom is -0.480 e. The summed E-state index contributed by atoms with van der Waals surface area (Å²) in [6.45, 7) is 14.3. The average Bonchev–Trinajstić information content (AvgIpc) is 1.58. The summed E-state index contributed by atoms with van der Waals surface area (Å²) in [6, 6.07) is 15.3. The van der Waals surface area contributed by atoms with Crippen LogP contribution in [-0.2, 0) is 84.3 Å². The number of hydrogen-bond acceptors (Lipinski definition) is 20. The highest BCUT2D eigenvalue weighted by atomic mass is 32.2. The summed E-state index contributed by atoms with van der Waals surface area (Å²) in [5.41, 5.74) is 10.1. The monoisotopic (exact) mass is 1670 g/mol. The Morgan fingerprint density at radius 1 is 0.638 bits per heavy atom. The molecule has 3 atom stereocenters. The Morgan fingerprint density at radius 3 is 1.78 bits per heavy atom. The van der Waals surface area contributed by atoms with Crippen LogP contribution >= 0.6 is 0 Å². The first-order chi connectivity index (χ1) is 54.8. The number of fused-ring (bicyclic) bond motifs is 6. The van der Waals surface area contributed by atoms with Gasteiger partial charge in [-0.05, 0) is 173 Å². The Balaban J connectivity index is 0.792. The van der Waals surface area contributed by atoms with Gasteiger partial charge in [-0.2, -0.15) is 29.8 Å². The topological polar surface area (TPSA) is 451 Å². The molecule has 2 fully saturated rings. The third-order valence-electron chi connectivity index (χ3n) is 23.3. The third-order valence-corrected chi connectivity index (χ3v) is 26.2. The van der Waals surface area contributed by atoms with Gasteiger partial charge >= 0.3 is 11.9 Å². The normalized spacial score (nSPS) is 19.7. The summed E-state index contributed by atoms with van der Waals surface area (Å²) in [4.78, 5) is 124. The number of ketones is 1. The number of primary amides is 1. The molecule has 5 aliphatic rings. The van der Waals surface area contributed by atoms with Crippen molar-refractivity contribution in [1.29, 1.82) is 0 Å². The zero-order chi connectivity index (χ0) is 84.5. The quantitative estimate of drug-likeness (QED) is 0.00965. The lowest BCUT2D eigenvalue weighted by Gasteiger charge is -2.30. The van der Waals surface area contributed by atoms with E-state index in [0.29, 0.717) is 160 Å². The van der Waals surface area contributed by atoms with E-state index in [1.807, 2.05) is 35.3 Å². The number of amides is 6. The van der Waals surface area contributed by atoms with Crippen molar-refractivity contribution >= 4 is 122 Å². The second-order valence-electron chi connectivity index (χ2n) is 32.3. The number of allylic oxidation sites excluding steroid dienone is 4. The minimum absolute atomic E-state index is 0.0184. The molecule has 116 heavy (non-hydrogen) atoms. The molecule has 31 nitrogen and oxygen atoms in total. The molecule has 1 saturated carbocycles. The van der Waals surface area contributed by atoms with Crippen molar-refractivity contribution < 1.29 is 96.9 Å². The van der Waals surface area contributed by atoms with E-state index in [1.54, 1.807) is 28.0 Å². The molecule has 634 valence electrons. The number of nitrogens with two attached hydrogens (primary N) is 1. The van der Waals surface area contributed by atoms with E-state index in [4.69, 9.17) is 5.73 Å². The van der Waals surface area contributed by atoms with Crippen LogP contribution in [0.1, 0.15) is 161 Å². The van der Waals surface area contributed by atoms with Gasteiger partial charge in [0.25, 0.3) is 42.2 Å². The van der Waals surface area contributed by atoms with E-state index in [-0.39, 0.29) is 122 Å². The van der Waals surface area contributed by atoms with Crippen molar-refractivity contribution in [1.82, 2.24) is 40.9 Å². The largest absolute Gasteiger partial charge is 0.480 e. The predicted octanol–water partition coefficient (Wildman–Crippen LogP) is 6.64. The predicted molar refractivity (Wildman–Crippen MR) is 438 cm³/mol. The molecule has 4 aliphatic heterocycles. The summed E-state index contributed by atoms with van der Waals surface area (Å²) in [7, 11) is -13.3. The fourth-order valence-electron chi connectivity index (χ4n) is 16.8. The number of unbranched alkanes of at least 4 members (excludes halogenated alkanes) is 4. The van der Waals surface area contributed by atoms with Gasteiger partial charge in [-0.25, -0.2) is 0 Å². The second kappa shape index (κ2) is 40.6. The lowest BCUT2D eigenvalue weighted by Crippen LogP contribution is -2.48. The van der Waals surface area contributed by atoms with Crippen LogP contribution in [0.3, 0.4) is 0 Å². The van der Waals surface area contributed by atoms with E-state index < -0.39 is 82.1 Å². The molecule has 4 aromatic carbocycles. The molecule has 6 amide bonds. The van der Waals surface area contributed by atoms with Crippen molar-refractivity contribution in [3.63, 3.8) is 0 Å². The van der Waals surface area contributed by atoms with Crippen LogP contribution in [0.25, 0.3) is 21.5 Å². The molecule has 0 radical (unpaired) electrons. The zero-order valence-electron chi connectivity index (χ0n) is 66.9. The molecule has 11 N–H and O–H groups in total. The average molecular weight is 1670 g/mol. The number of carbonyl (C=O) groups is 9. The Kier molecular flexibility index (Phi) is 31.9. The number of nitrogens with zero attached hydrogens (tertiary/aromatic N) is 6. The van der Waals surface area contributed by atoms with E-state index in [2.05, 4.69) is 64.5 Å². The van der Waals surface area contributed by atoms with E-state index in [9.17, 15) is 92.3 Å². The highest BCUT2D eigenvalue weighted by molar-refractivity contribution is 7.86. The number of rotatable bonds is 40. The first-order valence-electron chi connectivity index (χ1n) is 40.2. The highest BCUT2D eigenvalue weighted by Crippen LogP contribution is 2.52. The molecule has 9 rings (SSSR count). The Morgan fingerprint density at radius 2 is 1.20 bits per heavy atom. The highest BCUT2D eigenvalue weighted by Gasteiger charge is 2.47. The van der Waals surface area contributed by atoms with Gasteiger partial charge in [0.15, 0.2) is 5.71 Å². The van der Waals surface area contributed by atoms with E-state index in [0.717, 1.165) is 44.7 Å². The lowest BCUT2D eigenvalue weighted by atomic mass is 9.77. The lowest BCUT2D eigenvalue weighted by molar-refractivity contribution is -0.440. The number of carbonyl (C=O) groups excluding carboxylic acids is 7. The molecule has 0 aromatic heterocycles. The van der Waals surface area contributed by atoms with Gasteiger partial charge in [-0.3, -0.25) is 76.4 Å². The number of carboxylic acids is 2. The van der Waals surface area contributed by atoms with Gasteiger partial charge in [-0.15, -0.1) is 0 Å². The number of benzene rings is 4. The zero-order valence-corrected chi connectivity index (χ0v) is 69.4. The van der Waals surface area contributed by atoms with Crippen LogP contribution < -0.4 is 31.9 Å². The maximum Gasteiger partial charge on any atom is 0.317 e. The van der Waals surface area contributed by atoms with E-state index >= 15 is 0 Å². The van der Waals surface area contributed by atoms with Crippen LogP contribution in [0, 0.1) is 17.8 Å². The smallest absolute Gasteiger partial charge is 0.317 e. The molecule has 4 heterocycles. The number of Topliss-reactive ketones (excluding diaryl/α,β-unsaturated/α-hetero) is 1. The molecule has 4 aromatic rings. The van der Waals surface area contributed by atoms with Crippen LogP contribution in [-0.4, -0.2) is 248 Å². The van der Waals surface area contributed by atoms with Gasteiger partial charge in [0, 0.05) is 157 Å². The summed E-state index contributed by atoms with van der Waals surface area (Å²) >= 11 is 0. The molecule has 1 saturated heterocycles. The van der Waals surface area contributed by atoms with Crippen molar-refractivity contribution in [2.75, 3.05) is 110 Å². The molecule has 0 spiro atoms. The first kappa shape index (κ1) is 91.2. The van der Waals surface area contributed by atoms with Gasteiger partial charge < -0.3 is 42.1 Å². The molecule has 0 bridgehead atoms. The second-order valence-corrected chi connectivity index (χ2v) is 37.0. The number of imide groups is 1. The summed E-state index contributed by atoms with van der Waals surface area (Å²) < 4.78 is 105. The van der Waals surface area contributed by atoms with Gasteiger partial charge in [-0.1, -0.05) is 57.0 Å². The first-order valence-corrected chi connectivity index (χ1v) is 44.5. The third kappa shape index (κ3) is 24.7. The summed E-state index contributed by atoms with van der Waals surface area (Å²) in [5, 5.41) is 32.7. The minimum atomic E-state index is -4.51. The number of hydrogen-bond donors (Lipinski definition) is 10. The fraction of sp³-hybridized carbons (Fsp3) is 0.561. The molecule has 1 aliphatic carbocycles. The molecule has 1 unspecified atom stereocenters. The van der Waals surface area contributed by atoms with Gasteiger partial charge in [0.1, 0.15) is 18.4 Å². The Bertz CT molecular complexity index is 4790. The van der Waals surface area contributed by atoms with Crippen molar-refractivity contribution in [2.24, 2.45) is 23.5 Å². The Hall–Kier alpha value is -8.71. The SMILES string of the molecule is CC(CC[N+]1=C(CC/C=C/C=C2/N(CCCCCC(=O)NCCCC[C@@H](CC(=O)C3CCC(CN4C(=O)C=CC4=O)CC3)C(=O)N[C@@H](CCCCNC(=O)CN3CCNCCN(CC(=O)O)CCN(CC(=O)O)CC3)C(N)=O)c3ccc4cc(S(=O)(=O)O)ccc4c3C2(C)C)C(C)(C)c2c1ccc1cc(S(=O)(=O)O)ccc21)S(=O)(=O)O. The molecular formula is C82H114N11O20S3+. The van der Waals surface area contributed by atoms with Crippen LogP contribution in [0.2, 0.25) is 0 Å². The Labute approximate surface area is 679 Å². The maximum absolute atomic E-state index is 14.3. The van der Waals surface area contributed by atoms with Crippen LogP contribution in [0.15, 0.2) is 107 Å². The van der Waals surface area contributed by atoms with Crippen LogP contribution in [0.5, 0.6) is 0 Å². The number of aliphatic carboxylic acids is 2. The maximum atomic E-state index is 14.3. The van der Waals surface area contributed by atoms with Crippen molar-refractivity contribution in [3.05, 3.63) is 108 Å². The summed E-state index contributed by atoms with van der Waals surface area (Å²) in [5.74, 6) is -5.74. The molecular weight excluding hydrogens is 1560 g/mol. The van der Waals surface area contributed by atoms with Crippen molar-refractivity contribution in [3.8, 4) is 0 Å².